The summed E-state index contributed by atoms with van der Waals surface area (Å²) in [5.74, 6) is -2.63. The van der Waals surface area contributed by atoms with Gasteiger partial charge < -0.3 is 5.32 Å². The first-order valence-electron chi connectivity index (χ1n) is 5.95. The largest absolute Gasteiger partial charge is 0.351 e. The average molecular weight is 259 g/mol. The van der Waals surface area contributed by atoms with Gasteiger partial charge in [0.1, 0.15) is 11.6 Å². The van der Waals surface area contributed by atoms with E-state index in [1.807, 2.05) is 24.3 Å². The number of amides is 1. The van der Waals surface area contributed by atoms with Gasteiger partial charge in [-0.15, -0.1) is 0 Å². The van der Waals surface area contributed by atoms with Crippen LogP contribution in [0.4, 0.5) is 0 Å². The van der Waals surface area contributed by atoms with Crippen molar-refractivity contribution in [3.63, 3.8) is 0 Å². The second kappa shape index (κ2) is 6.64. The van der Waals surface area contributed by atoms with E-state index in [-0.39, 0.29) is 6.54 Å². The van der Waals surface area contributed by atoms with Gasteiger partial charge in [-0.1, -0.05) is 36.9 Å². The molecule has 1 aromatic carbocycles. The molecule has 1 N–H and O–H groups in total. The van der Waals surface area contributed by atoms with Crippen molar-refractivity contribution in [1.29, 1.82) is 0 Å². The monoisotopic (exact) mass is 259 g/mol. The van der Waals surface area contributed by atoms with Gasteiger partial charge in [0.2, 0.25) is 5.91 Å². The van der Waals surface area contributed by atoms with E-state index >= 15 is 0 Å². The van der Waals surface area contributed by atoms with Crippen LogP contribution in [0, 0.1) is 5.92 Å². The smallest absolute Gasteiger partial charge is 0.238 e. The Balaban J connectivity index is 2.64. The predicted molar refractivity (Wildman–Crippen MR) is 73.2 cm³/mol. The Morgan fingerprint density at radius 1 is 1.16 bits per heavy atom. The second-order valence-electron chi connectivity index (χ2n) is 4.32. The van der Waals surface area contributed by atoms with Crippen LogP contribution in [-0.4, -0.2) is 17.5 Å². The normalized spacial score (nSPS) is 10.1. The van der Waals surface area contributed by atoms with Crippen LogP contribution < -0.4 is 5.32 Å². The number of rotatable bonds is 6. The molecule has 1 aromatic rings. The molecule has 4 nitrogen and oxygen atoms in total. The van der Waals surface area contributed by atoms with Crippen molar-refractivity contribution in [2.24, 2.45) is 5.92 Å². The third-order valence-electron chi connectivity index (χ3n) is 2.76. The standard InChI is InChI=1S/C15H17NO3/c1-4-12-5-7-13(8-6-12)9-16-15(19)14(10(2)17)11(3)18/h4-8,14H,1,9H2,2-3H3,(H,16,19). The molecule has 0 atom stereocenters. The fourth-order valence-electron chi connectivity index (χ4n) is 1.72. The number of hydrogen-bond acceptors (Lipinski definition) is 3. The molecule has 4 heteroatoms. The summed E-state index contributed by atoms with van der Waals surface area (Å²) < 4.78 is 0. The number of ketones is 2. The molecule has 0 radical (unpaired) electrons. The summed E-state index contributed by atoms with van der Waals surface area (Å²) in [7, 11) is 0. The summed E-state index contributed by atoms with van der Waals surface area (Å²) in [6.07, 6.45) is 1.73. The Labute approximate surface area is 112 Å². The summed E-state index contributed by atoms with van der Waals surface area (Å²) in [4.78, 5) is 34.2. The summed E-state index contributed by atoms with van der Waals surface area (Å²) in [6, 6.07) is 7.46. The number of benzene rings is 1. The minimum absolute atomic E-state index is 0.285. The van der Waals surface area contributed by atoms with Gasteiger partial charge in [0, 0.05) is 6.54 Å². The summed E-state index contributed by atoms with van der Waals surface area (Å²) >= 11 is 0. The molecule has 0 saturated carbocycles. The third-order valence-corrected chi connectivity index (χ3v) is 2.76. The SMILES string of the molecule is C=Cc1ccc(CNC(=O)C(C(C)=O)C(C)=O)cc1. The molecule has 19 heavy (non-hydrogen) atoms. The highest BCUT2D eigenvalue weighted by Gasteiger charge is 2.27. The Kier molecular flexibility index (Phi) is 5.18. The van der Waals surface area contributed by atoms with Gasteiger partial charge in [0.25, 0.3) is 0 Å². The lowest BCUT2D eigenvalue weighted by molar-refractivity contribution is -0.139. The van der Waals surface area contributed by atoms with Gasteiger partial charge in [-0.05, 0) is 25.0 Å². The molecule has 0 fully saturated rings. The molecule has 0 unspecified atom stereocenters. The number of carbonyl (C=O) groups excluding carboxylic acids is 3. The lowest BCUT2D eigenvalue weighted by atomic mass is 10.00. The highest BCUT2D eigenvalue weighted by molar-refractivity contribution is 6.17. The molecule has 0 saturated heterocycles. The Morgan fingerprint density at radius 2 is 1.68 bits per heavy atom. The van der Waals surface area contributed by atoms with Crippen molar-refractivity contribution in [3.05, 3.63) is 42.0 Å². The fraction of sp³-hybridized carbons (Fsp3) is 0.267. The molecule has 0 heterocycles. The molecule has 0 bridgehead atoms. The van der Waals surface area contributed by atoms with Gasteiger partial charge >= 0.3 is 0 Å². The Hall–Kier alpha value is -2.23. The van der Waals surface area contributed by atoms with Crippen LogP contribution >= 0.6 is 0 Å². The van der Waals surface area contributed by atoms with E-state index < -0.39 is 23.4 Å². The first-order chi connectivity index (χ1) is 8.95. The minimum Gasteiger partial charge on any atom is -0.351 e. The lowest BCUT2D eigenvalue weighted by Crippen LogP contribution is -2.38. The van der Waals surface area contributed by atoms with Gasteiger partial charge in [-0.2, -0.15) is 0 Å². The van der Waals surface area contributed by atoms with E-state index in [2.05, 4.69) is 11.9 Å². The van der Waals surface area contributed by atoms with E-state index in [1.165, 1.54) is 13.8 Å². The van der Waals surface area contributed by atoms with E-state index in [4.69, 9.17) is 0 Å². The van der Waals surface area contributed by atoms with Crippen LogP contribution in [0.3, 0.4) is 0 Å². The van der Waals surface area contributed by atoms with Crippen LogP contribution in [0.15, 0.2) is 30.8 Å². The fourth-order valence-corrected chi connectivity index (χ4v) is 1.72. The second-order valence-corrected chi connectivity index (χ2v) is 4.32. The first-order valence-corrected chi connectivity index (χ1v) is 5.95. The molecule has 100 valence electrons. The van der Waals surface area contributed by atoms with E-state index in [1.54, 1.807) is 6.08 Å². The molecule has 0 aliphatic carbocycles. The number of carbonyl (C=O) groups is 3. The highest BCUT2D eigenvalue weighted by Crippen LogP contribution is 2.06. The maximum absolute atomic E-state index is 11.8. The zero-order valence-corrected chi connectivity index (χ0v) is 11.1. The van der Waals surface area contributed by atoms with Crippen molar-refractivity contribution in [2.75, 3.05) is 0 Å². The molecule has 0 aliphatic heterocycles. The van der Waals surface area contributed by atoms with Crippen molar-refractivity contribution >= 4 is 23.5 Å². The van der Waals surface area contributed by atoms with E-state index in [0.717, 1.165) is 11.1 Å². The maximum Gasteiger partial charge on any atom is 0.238 e. The van der Waals surface area contributed by atoms with Crippen molar-refractivity contribution in [3.8, 4) is 0 Å². The highest BCUT2D eigenvalue weighted by atomic mass is 16.2. The predicted octanol–water partition coefficient (Wildman–Crippen LogP) is 1.74. The maximum atomic E-state index is 11.8. The van der Waals surface area contributed by atoms with Gasteiger partial charge in [-0.3, -0.25) is 14.4 Å². The van der Waals surface area contributed by atoms with Crippen LogP contribution in [0.25, 0.3) is 6.08 Å². The molecular formula is C15H17NO3. The molecular weight excluding hydrogens is 242 g/mol. The first kappa shape index (κ1) is 14.8. The van der Waals surface area contributed by atoms with Crippen LogP contribution in [0.2, 0.25) is 0 Å². The molecule has 0 spiro atoms. The summed E-state index contributed by atoms with van der Waals surface area (Å²) in [5.41, 5.74) is 1.88. The number of nitrogens with one attached hydrogen (secondary N) is 1. The van der Waals surface area contributed by atoms with Gasteiger partial charge in [-0.25, -0.2) is 0 Å². The van der Waals surface area contributed by atoms with E-state index in [0.29, 0.717) is 0 Å². The molecule has 1 amide bonds. The summed E-state index contributed by atoms with van der Waals surface area (Å²) in [6.45, 7) is 6.42. The van der Waals surface area contributed by atoms with E-state index in [9.17, 15) is 14.4 Å². The average Bonchev–Trinajstić information content (AvgIpc) is 2.36. The zero-order chi connectivity index (χ0) is 14.4. The Morgan fingerprint density at radius 3 is 2.11 bits per heavy atom. The Bertz CT molecular complexity index is 489. The molecule has 0 aromatic heterocycles. The lowest BCUT2D eigenvalue weighted by Gasteiger charge is -2.11. The third kappa shape index (κ3) is 4.17. The van der Waals surface area contributed by atoms with Crippen LogP contribution in [0.5, 0.6) is 0 Å². The topological polar surface area (TPSA) is 63.2 Å². The molecule has 1 rings (SSSR count). The van der Waals surface area contributed by atoms with Gasteiger partial charge in [0.05, 0.1) is 0 Å². The van der Waals surface area contributed by atoms with Crippen molar-refractivity contribution < 1.29 is 14.4 Å². The van der Waals surface area contributed by atoms with Crippen LogP contribution in [-0.2, 0) is 20.9 Å². The van der Waals surface area contributed by atoms with Crippen molar-refractivity contribution in [1.82, 2.24) is 5.32 Å². The quantitative estimate of drug-likeness (QED) is 0.791. The van der Waals surface area contributed by atoms with Gasteiger partial charge in [0.15, 0.2) is 5.92 Å². The zero-order valence-electron chi connectivity index (χ0n) is 11.1. The summed E-state index contributed by atoms with van der Waals surface area (Å²) in [5, 5.41) is 2.59. The number of Topliss-reactive ketones (excluding diaryl/α,β-unsaturated/α-hetero) is 2. The molecule has 0 aliphatic rings. The minimum atomic E-state index is -1.20. The van der Waals surface area contributed by atoms with Crippen LogP contribution in [0.1, 0.15) is 25.0 Å². The van der Waals surface area contributed by atoms with Crippen molar-refractivity contribution in [2.45, 2.75) is 20.4 Å². The number of hydrogen-bond donors (Lipinski definition) is 1.